The predicted molar refractivity (Wildman–Crippen MR) is 91.9 cm³/mol. The molecule has 0 unspecified atom stereocenters. The van der Waals surface area contributed by atoms with Crippen molar-refractivity contribution in [1.82, 2.24) is 0 Å². The fourth-order valence-corrected chi connectivity index (χ4v) is 6.48. The highest BCUT2D eigenvalue weighted by Gasteiger charge is 2.52. The second-order valence-corrected chi connectivity index (χ2v) is 8.44. The molecule has 4 rings (SSSR count). The van der Waals surface area contributed by atoms with Gasteiger partial charge in [0, 0.05) is 13.0 Å². The summed E-state index contributed by atoms with van der Waals surface area (Å²) < 4.78 is 0. The van der Waals surface area contributed by atoms with E-state index >= 15 is 0 Å². The number of ketones is 1. The maximum Gasteiger partial charge on any atom is 0.155 e. The lowest BCUT2D eigenvalue weighted by molar-refractivity contribution is -0.115. The van der Waals surface area contributed by atoms with E-state index in [1.807, 2.05) is 6.08 Å². The summed E-state index contributed by atoms with van der Waals surface area (Å²) in [6, 6.07) is 0. The Kier molecular flexibility index (Phi) is 4.21. The summed E-state index contributed by atoms with van der Waals surface area (Å²) >= 11 is 0. The van der Waals surface area contributed by atoms with Gasteiger partial charge in [0.25, 0.3) is 0 Å². The zero-order valence-electron chi connectivity index (χ0n) is 14.2. The van der Waals surface area contributed by atoms with Gasteiger partial charge >= 0.3 is 0 Å². The van der Waals surface area contributed by atoms with Gasteiger partial charge in [-0.05, 0) is 85.7 Å². The molecule has 0 aromatic rings. The summed E-state index contributed by atoms with van der Waals surface area (Å²) in [5.74, 6) is 3.37. The number of hydrogen-bond donors (Lipinski definition) is 1. The molecule has 0 aromatic carbocycles. The van der Waals surface area contributed by atoms with Crippen LogP contribution in [0, 0.1) is 29.1 Å². The average molecular weight is 314 g/mol. The Labute approximate surface area is 140 Å². The summed E-state index contributed by atoms with van der Waals surface area (Å²) in [5, 5.41) is 9.13. The minimum atomic E-state index is 0.328. The highest BCUT2D eigenvalue weighted by atomic mass is 16.2. The van der Waals surface area contributed by atoms with Crippen LogP contribution in [-0.2, 0) is 4.79 Å². The van der Waals surface area contributed by atoms with E-state index in [4.69, 9.17) is 5.11 Å². The molecule has 0 aliphatic heterocycles. The van der Waals surface area contributed by atoms with Crippen LogP contribution in [0.2, 0.25) is 0 Å². The van der Waals surface area contributed by atoms with Crippen molar-refractivity contribution in [3.8, 4) is 0 Å². The van der Waals surface area contributed by atoms with Gasteiger partial charge in [-0.2, -0.15) is 0 Å². The van der Waals surface area contributed by atoms with E-state index in [1.54, 1.807) is 0 Å². The van der Waals surface area contributed by atoms with Crippen LogP contribution in [0.5, 0.6) is 0 Å². The third kappa shape index (κ3) is 2.63. The summed E-state index contributed by atoms with van der Waals surface area (Å²) in [5.41, 5.74) is 1.89. The Morgan fingerprint density at radius 2 is 2.09 bits per heavy atom. The second-order valence-electron chi connectivity index (χ2n) is 8.44. The van der Waals surface area contributed by atoms with Crippen LogP contribution >= 0.6 is 0 Å². The van der Waals surface area contributed by atoms with Crippen molar-refractivity contribution < 1.29 is 9.90 Å². The van der Waals surface area contributed by atoms with Crippen LogP contribution in [0.4, 0.5) is 0 Å². The SMILES string of the molecule is O=C1C=C2C=C[C@@H]3[C@H](CC[C@]4(CCCCO)CCC[C@@H]34)[C@H]2CC1. The molecule has 1 N–H and O–H groups in total. The molecular formula is C21H30O2. The van der Waals surface area contributed by atoms with E-state index in [-0.39, 0.29) is 0 Å². The first-order valence-electron chi connectivity index (χ1n) is 9.77. The van der Waals surface area contributed by atoms with Crippen molar-refractivity contribution >= 4 is 5.78 Å². The standard InChI is InChI=1S/C21H30O2/c22-13-2-1-10-21-11-3-4-20(21)19-7-5-15-14-16(23)6-8-17(15)18(19)9-12-21/h5,7,14,17-20,22H,1-4,6,8-13H2/t17-,18+,19+,20-,21-/m0/s1. The van der Waals surface area contributed by atoms with Gasteiger partial charge in [0.05, 0.1) is 0 Å². The summed E-state index contributed by atoms with van der Waals surface area (Å²) in [6.45, 7) is 0.344. The fraction of sp³-hybridized carbons (Fsp3) is 0.762. The monoisotopic (exact) mass is 314 g/mol. The van der Waals surface area contributed by atoms with Crippen molar-refractivity contribution in [2.24, 2.45) is 29.1 Å². The lowest BCUT2D eigenvalue weighted by Crippen LogP contribution is -2.44. The normalized spacial score (nSPS) is 42.0. The minimum absolute atomic E-state index is 0.328. The number of fused-ring (bicyclic) bond motifs is 5. The van der Waals surface area contributed by atoms with E-state index in [2.05, 4.69) is 12.2 Å². The highest BCUT2D eigenvalue weighted by molar-refractivity contribution is 5.91. The van der Waals surface area contributed by atoms with Crippen LogP contribution in [0.3, 0.4) is 0 Å². The molecule has 126 valence electrons. The van der Waals surface area contributed by atoms with Gasteiger partial charge in [0.15, 0.2) is 5.78 Å². The number of rotatable bonds is 4. The minimum Gasteiger partial charge on any atom is -0.396 e. The van der Waals surface area contributed by atoms with Crippen molar-refractivity contribution in [3.63, 3.8) is 0 Å². The molecule has 0 aromatic heterocycles. The first-order chi connectivity index (χ1) is 11.2. The maximum absolute atomic E-state index is 11.7. The molecule has 0 heterocycles. The average Bonchev–Trinajstić information content (AvgIpc) is 2.98. The van der Waals surface area contributed by atoms with E-state index in [9.17, 15) is 4.79 Å². The van der Waals surface area contributed by atoms with E-state index in [0.29, 0.717) is 23.7 Å². The first-order valence-corrected chi connectivity index (χ1v) is 9.77. The number of carbonyl (C=O) groups is 1. The van der Waals surface area contributed by atoms with Crippen molar-refractivity contribution in [2.75, 3.05) is 6.61 Å². The molecule has 23 heavy (non-hydrogen) atoms. The summed E-state index contributed by atoms with van der Waals surface area (Å²) in [7, 11) is 0. The Balaban J connectivity index is 1.57. The number of carbonyl (C=O) groups excluding carboxylic acids is 1. The Morgan fingerprint density at radius 3 is 2.96 bits per heavy atom. The summed E-state index contributed by atoms with van der Waals surface area (Å²) in [4.78, 5) is 11.7. The quantitative estimate of drug-likeness (QED) is 0.779. The fourth-order valence-electron chi connectivity index (χ4n) is 6.48. The number of aliphatic hydroxyl groups excluding tert-OH is 1. The van der Waals surface area contributed by atoms with Gasteiger partial charge < -0.3 is 5.11 Å². The van der Waals surface area contributed by atoms with Crippen LogP contribution in [0.25, 0.3) is 0 Å². The molecule has 2 saturated carbocycles. The van der Waals surface area contributed by atoms with Crippen molar-refractivity contribution in [2.45, 2.75) is 64.2 Å². The maximum atomic E-state index is 11.7. The molecule has 5 atom stereocenters. The van der Waals surface area contributed by atoms with Crippen LogP contribution in [0.1, 0.15) is 64.2 Å². The zero-order valence-corrected chi connectivity index (χ0v) is 14.2. The Bertz CT molecular complexity index is 532. The third-order valence-electron chi connectivity index (χ3n) is 7.48. The molecule has 0 amide bonds. The van der Waals surface area contributed by atoms with E-state index in [0.717, 1.165) is 37.0 Å². The van der Waals surface area contributed by atoms with Gasteiger partial charge in [0.2, 0.25) is 0 Å². The lowest BCUT2D eigenvalue weighted by Gasteiger charge is -2.52. The number of aliphatic hydroxyl groups is 1. The van der Waals surface area contributed by atoms with Crippen LogP contribution in [0.15, 0.2) is 23.8 Å². The molecular weight excluding hydrogens is 284 g/mol. The number of unbranched alkanes of at least 4 members (excludes halogenated alkanes) is 1. The van der Waals surface area contributed by atoms with Crippen LogP contribution in [-0.4, -0.2) is 17.5 Å². The molecule has 0 radical (unpaired) electrons. The van der Waals surface area contributed by atoms with Crippen molar-refractivity contribution in [3.05, 3.63) is 23.8 Å². The van der Waals surface area contributed by atoms with Gasteiger partial charge in [-0.1, -0.05) is 25.0 Å². The topological polar surface area (TPSA) is 37.3 Å². The summed E-state index contributed by atoms with van der Waals surface area (Å²) in [6.07, 6.45) is 19.0. The molecule has 0 spiro atoms. The zero-order chi connectivity index (χ0) is 15.9. The molecule has 4 aliphatic carbocycles. The Hall–Kier alpha value is -0.890. The lowest BCUT2D eigenvalue weighted by atomic mass is 9.53. The highest BCUT2D eigenvalue weighted by Crippen LogP contribution is 2.62. The predicted octanol–water partition coefficient (Wildman–Crippen LogP) is 4.44. The second kappa shape index (κ2) is 6.20. The smallest absolute Gasteiger partial charge is 0.155 e. The van der Waals surface area contributed by atoms with E-state index in [1.165, 1.54) is 50.5 Å². The van der Waals surface area contributed by atoms with Crippen LogP contribution < -0.4 is 0 Å². The van der Waals surface area contributed by atoms with Gasteiger partial charge in [-0.25, -0.2) is 0 Å². The molecule has 0 bridgehead atoms. The van der Waals surface area contributed by atoms with Gasteiger partial charge in [0.1, 0.15) is 0 Å². The third-order valence-corrected chi connectivity index (χ3v) is 7.48. The number of allylic oxidation sites excluding steroid dienone is 4. The Morgan fingerprint density at radius 1 is 1.17 bits per heavy atom. The van der Waals surface area contributed by atoms with Gasteiger partial charge in [-0.15, -0.1) is 0 Å². The first kappa shape index (κ1) is 15.6. The molecule has 4 aliphatic rings. The molecule has 0 saturated heterocycles. The van der Waals surface area contributed by atoms with E-state index < -0.39 is 0 Å². The largest absolute Gasteiger partial charge is 0.396 e. The number of hydrogen-bond acceptors (Lipinski definition) is 2. The molecule has 2 fully saturated rings. The van der Waals surface area contributed by atoms with Crippen molar-refractivity contribution in [1.29, 1.82) is 0 Å². The molecule has 2 heteroatoms. The molecule has 2 nitrogen and oxygen atoms in total. The van der Waals surface area contributed by atoms with Gasteiger partial charge in [-0.3, -0.25) is 4.79 Å².